The maximum absolute atomic E-state index is 7.74. The number of hydrogen-bond acceptors (Lipinski definition) is 4. The molecule has 0 bridgehead atoms. The summed E-state index contributed by atoms with van der Waals surface area (Å²) in [6.07, 6.45) is -2.25. The van der Waals surface area contributed by atoms with E-state index < -0.39 is 6.16 Å². The van der Waals surface area contributed by atoms with Crippen molar-refractivity contribution >= 4 is 0 Å². The van der Waals surface area contributed by atoms with E-state index in [4.69, 9.17) is 10.2 Å². The molecule has 5 nitrogen and oxygen atoms in total. The Kier molecular flexibility index (Phi) is 1.10. The molecule has 4 N–H and O–H groups in total. The standard InChI is InChI=1S/CH2O4.H2O/c2-1(3)4-5-1;/h2-3H;1H2. The zero-order valence-electron chi connectivity index (χ0n) is 2.71. The Balaban J connectivity index is 0.000000250. The van der Waals surface area contributed by atoms with Crippen LogP contribution in [0.5, 0.6) is 0 Å². The molecule has 0 atom stereocenters. The van der Waals surface area contributed by atoms with Gasteiger partial charge in [-0.3, -0.25) is 0 Å². The largest absolute Gasteiger partial charge is 0.461 e. The first-order valence-corrected chi connectivity index (χ1v) is 1.02. The zero-order valence-corrected chi connectivity index (χ0v) is 2.71. The molecule has 1 fully saturated rings. The molecule has 0 aromatic rings. The van der Waals surface area contributed by atoms with Crippen LogP contribution >= 0.6 is 0 Å². The van der Waals surface area contributed by atoms with Crippen LogP contribution in [-0.4, -0.2) is 21.8 Å². The molecule has 1 aliphatic rings. The minimum Gasteiger partial charge on any atom is -0.412 e. The van der Waals surface area contributed by atoms with Crippen molar-refractivity contribution in [1.29, 1.82) is 0 Å². The number of hydrogen-bond donors (Lipinski definition) is 2. The van der Waals surface area contributed by atoms with E-state index in [2.05, 4.69) is 9.78 Å². The molecule has 0 spiro atoms. The molecule has 1 aliphatic heterocycles. The average Bonchev–Trinajstić information content (AvgIpc) is 1.76. The monoisotopic (exact) mass is 96.0 g/mol. The molecule has 6 heavy (non-hydrogen) atoms. The Morgan fingerprint density at radius 1 is 1.17 bits per heavy atom. The molecule has 0 unspecified atom stereocenters. The summed E-state index contributed by atoms with van der Waals surface area (Å²) in [6, 6.07) is 0. The van der Waals surface area contributed by atoms with Crippen LogP contribution in [0.25, 0.3) is 0 Å². The van der Waals surface area contributed by atoms with Gasteiger partial charge in [-0.05, 0) is 0 Å². The number of rotatable bonds is 0. The Morgan fingerprint density at radius 3 is 1.33 bits per heavy atom. The predicted octanol–water partition coefficient (Wildman–Crippen LogP) is -2.28. The van der Waals surface area contributed by atoms with E-state index in [-0.39, 0.29) is 5.48 Å². The molecule has 1 saturated heterocycles. The fourth-order valence-corrected chi connectivity index (χ4v) is 0.0373. The Morgan fingerprint density at radius 2 is 1.33 bits per heavy atom. The Labute approximate surface area is 33.0 Å². The third-order valence-corrected chi connectivity index (χ3v) is 0.232. The van der Waals surface area contributed by atoms with E-state index in [9.17, 15) is 0 Å². The van der Waals surface area contributed by atoms with E-state index in [1.54, 1.807) is 0 Å². The lowest BCUT2D eigenvalue weighted by molar-refractivity contribution is -0.168. The van der Waals surface area contributed by atoms with Crippen LogP contribution in [-0.2, 0) is 9.78 Å². The van der Waals surface area contributed by atoms with E-state index in [0.717, 1.165) is 0 Å². The molecular weight excluding hydrogens is 92.0 g/mol. The minimum absolute atomic E-state index is 0. The molecular formula is CH4O5. The first-order chi connectivity index (χ1) is 2.21. The van der Waals surface area contributed by atoms with Crippen molar-refractivity contribution in [3.63, 3.8) is 0 Å². The van der Waals surface area contributed by atoms with Gasteiger partial charge in [0.1, 0.15) is 0 Å². The first kappa shape index (κ1) is 5.80. The quantitative estimate of drug-likeness (QED) is 0.201. The van der Waals surface area contributed by atoms with Crippen molar-refractivity contribution in [3.05, 3.63) is 0 Å². The molecule has 1 rings (SSSR count). The molecule has 0 saturated carbocycles. The second-order valence-corrected chi connectivity index (χ2v) is 0.715. The lowest BCUT2D eigenvalue weighted by atomic mass is 11.2. The summed E-state index contributed by atoms with van der Waals surface area (Å²) in [4.78, 5) is 7.01. The van der Waals surface area contributed by atoms with Crippen LogP contribution in [0.15, 0.2) is 0 Å². The SMILES string of the molecule is O.OC1(O)OO1. The smallest absolute Gasteiger partial charge is 0.412 e. The molecule has 5 heteroatoms. The van der Waals surface area contributed by atoms with Crippen molar-refractivity contribution < 1.29 is 25.5 Å². The fraction of sp³-hybridized carbons (Fsp3) is 1.00. The summed E-state index contributed by atoms with van der Waals surface area (Å²) < 4.78 is 0. The van der Waals surface area contributed by atoms with Crippen LogP contribution in [0.2, 0.25) is 0 Å². The van der Waals surface area contributed by atoms with E-state index in [1.807, 2.05) is 0 Å². The second kappa shape index (κ2) is 1.14. The van der Waals surface area contributed by atoms with Gasteiger partial charge in [-0.2, -0.15) is 0 Å². The lowest BCUT2D eigenvalue weighted by Gasteiger charge is -1.73. The summed E-state index contributed by atoms with van der Waals surface area (Å²) in [6.45, 7) is 0. The van der Waals surface area contributed by atoms with Crippen molar-refractivity contribution in [1.82, 2.24) is 0 Å². The highest BCUT2D eigenvalue weighted by Crippen LogP contribution is 2.19. The first-order valence-electron chi connectivity index (χ1n) is 1.02. The summed E-state index contributed by atoms with van der Waals surface area (Å²) in [5, 5.41) is 15.5. The molecule has 38 valence electrons. The lowest BCUT2D eigenvalue weighted by Crippen LogP contribution is -2.03. The number of aliphatic hydroxyl groups is 2. The highest BCUT2D eigenvalue weighted by molar-refractivity contribution is 4.24. The van der Waals surface area contributed by atoms with Gasteiger partial charge in [0, 0.05) is 0 Å². The van der Waals surface area contributed by atoms with Gasteiger partial charge in [-0.15, -0.1) is 9.78 Å². The Hall–Kier alpha value is -0.200. The van der Waals surface area contributed by atoms with Gasteiger partial charge in [0.15, 0.2) is 0 Å². The highest BCUT2D eigenvalue weighted by Gasteiger charge is 2.45. The van der Waals surface area contributed by atoms with E-state index >= 15 is 0 Å². The van der Waals surface area contributed by atoms with Gasteiger partial charge in [-0.1, -0.05) is 0 Å². The maximum Gasteiger partial charge on any atom is 0.461 e. The third-order valence-electron chi connectivity index (χ3n) is 0.232. The molecule has 0 aromatic carbocycles. The fourth-order valence-electron chi connectivity index (χ4n) is 0.0373. The minimum atomic E-state index is -2.25. The van der Waals surface area contributed by atoms with Crippen LogP contribution in [0.1, 0.15) is 0 Å². The summed E-state index contributed by atoms with van der Waals surface area (Å²) in [5.41, 5.74) is 0. The van der Waals surface area contributed by atoms with Gasteiger partial charge in [0.05, 0.1) is 0 Å². The van der Waals surface area contributed by atoms with Gasteiger partial charge < -0.3 is 15.7 Å². The average molecular weight is 96.0 g/mol. The molecule has 0 aliphatic carbocycles. The van der Waals surface area contributed by atoms with Gasteiger partial charge in [0.25, 0.3) is 0 Å². The van der Waals surface area contributed by atoms with E-state index in [1.165, 1.54) is 0 Å². The van der Waals surface area contributed by atoms with Gasteiger partial charge in [0.2, 0.25) is 0 Å². The summed E-state index contributed by atoms with van der Waals surface area (Å²) in [5.74, 6) is 0. The van der Waals surface area contributed by atoms with Gasteiger partial charge >= 0.3 is 6.16 Å². The Bertz CT molecular complexity index is 41.9. The molecule has 0 amide bonds. The van der Waals surface area contributed by atoms with Crippen LogP contribution in [0, 0.1) is 0 Å². The van der Waals surface area contributed by atoms with E-state index in [0.29, 0.717) is 0 Å². The highest BCUT2D eigenvalue weighted by atomic mass is 17.5. The van der Waals surface area contributed by atoms with Crippen molar-refractivity contribution in [3.8, 4) is 0 Å². The van der Waals surface area contributed by atoms with Crippen LogP contribution in [0.3, 0.4) is 0 Å². The summed E-state index contributed by atoms with van der Waals surface area (Å²) in [7, 11) is 0. The summed E-state index contributed by atoms with van der Waals surface area (Å²) >= 11 is 0. The predicted molar refractivity (Wildman–Crippen MR) is 13.0 cm³/mol. The van der Waals surface area contributed by atoms with Gasteiger partial charge in [-0.25, -0.2) is 0 Å². The topological polar surface area (TPSA) is 97.0 Å². The van der Waals surface area contributed by atoms with Crippen LogP contribution in [0.4, 0.5) is 0 Å². The zero-order chi connectivity index (χ0) is 3.91. The van der Waals surface area contributed by atoms with Crippen LogP contribution < -0.4 is 0 Å². The van der Waals surface area contributed by atoms with Crippen molar-refractivity contribution in [2.75, 3.05) is 0 Å². The maximum atomic E-state index is 7.74. The molecule has 0 radical (unpaired) electrons. The molecule has 1 heterocycles. The third kappa shape index (κ3) is 1.29. The van der Waals surface area contributed by atoms with Crippen molar-refractivity contribution in [2.45, 2.75) is 6.16 Å². The normalized spacial score (nSPS) is 25.0. The van der Waals surface area contributed by atoms with Crippen molar-refractivity contribution in [2.24, 2.45) is 0 Å². The molecule has 0 aromatic heterocycles. The second-order valence-electron chi connectivity index (χ2n) is 0.715.